The zero-order valence-electron chi connectivity index (χ0n) is 9.01. The average molecular weight is 253 g/mol. The molecule has 1 aromatic heterocycles. The molecule has 2 aromatic rings. The Bertz CT molecular complexity index is 566. The first-order valence-corrected chi connectivity index (χ1v) is 5.41. The lowest BCUT2D eigenvalue weighted by molar-refractivity contribution is -0.384. The van der Waals surface area contributed by atoms with Crippen LogP contribution in [-0.2, 0) is 5.88 Å². The van der Waals surface area contributed by atoms with E-state index in [-0.39, 0.29) is 11.6 Å². The first kappa shape index (κ1) is 11.6. The van der Waals surface area contributed by atoms with Crippen molar-refractivity contribution in [2.45, 2.75) is 12.8 Å². The Labute approximate surface area is 102 Å². The van der Waals surface area contributed by atoms with Gasteiger partial charge in [-0.1, -0.05) is 0 Å². The van der Waals surface area contributed by atoms with E-state index in [1.165, 1.54) is 12.1 Å². The maximum absolute atomic E-state index is 10.6. The minimum atomic E-state index is -0.429. The molecule has 0 radical (unpaired) electrons. The molecule has 0 aliphatic carbocycles. The highest BCUT2D eigenvalue weighted by Gasteiger charge is 2.12. The number of aryl methyl sites for hydroxylation is 1. The van der Waals surface area contributed by atoms with Gasteiger partial charge < -0.3 is 4.42 Å². The smallest absolute Gasteiger partial charge is 0.269 e. The third-order valence-electron chi connectivity index (χ3n) is 2.35. The zero-order chi connectivity index (χ0) is 12.4. The van der Waals surface area contributed by atoms with Gasteiger partial charge in [0.15, 0.2) is 5.76 Å². The Hall–Kier alpha value is -1.88. The molecule has 0 saturated heterocycles. The summed E-state index contributed by atoms with van der Waals surface area (Å²) < 4.78 is 5.39. The summed E-state index contributed by atoms with van der Waals surface area (Å²) in [7, 11) is 0. The van der Waals surface area contributed by atoms with Gasteiger partial charge in [0.2, 0.25) is 5.89 Å². The van der Waals surface area contributed by atoms with Gasteiger partial charge in [-0.15, -0.1) is 11.6 Å². The van der Waals surface area contributed by atoms with Crippen molar-refractivity contribution in [3.05, 3.63) is 46.0 Å². The van der Waals surface area contributed by atoms with Crippen molar-refractivity contribution in [1.82, 2.24) is 4.98 Å². The van der Waals surface area contributed by atoms with Crippen LogP contribution >= 0.6 is 11.6 Å². The van der Waals surface area contributed by atoms with Crippen molar-refractivity contribution in [1.29, 1.82) is 0 Å². The number of nitro groups is 1. The minimum Gasteiger partial charge on any atom is -0.439 e. The molecule has 88 valence electrons. The van der Waals surface area contributed by atoms with Crippen LogP contribution in [0.15, 0.2) is 28.8 Å². The first-order chi connectivity index (χ1) is 8.11. The third kappa shape index (κ3) is 2.29. The van der Waals surface area contributed by atoms with Gasteiger partial charge in [-0.25, -0.2) is 4.98 Å². The Balaban J connectivity index is 2.42. The largest absolute Gasteiger partial charge is 0.439 e. The second-order valence-corrected chi connectivity index (χ2v) is 3.78. The lowest BCUT2D eigenvalue weighted by Gasteiger charge is -2.01. The van der Waals surface area contributed by atoms with Crippen LogP contribution in [0.1, 0.15) is 11.5 Å². The molecule has 0 N–H and O–H groups in total. The normalized spacial score (nSPS) is 10.5. The summed E-state index contributed by atoms with van der Waals surface area (Å²) in [4.78, 5) is 14.2. The van der Waals surface area contributed by atoms with Crippen molar-refractivity contribution < 1.29 is 9.34 Å². The van der Waals surface area contributed by atoms with E-state index in [0.717, 1.165) is 11.1 Å². The molecule has 0 fully saturated rings. The number of benzene rings is 1. The molecule has 5 nitrogen and oxygen atoms in total. The number of hydrogen-bond acceptors (Lipinski definition) is 4. The van der Waals surface area contributed by atoms with E-state index in [4.69, 9.17) is 16.0 Å². The number of hydrogen-bond donors (Lipinski definition) is 0. The molecule has 17 heavy (non-hydrogen) atoms. The highest BCUT2D eigenvalue weighted by molar-refractivity contribution is 6.16. The van der Waals surface area contributed by atoms with Crippen molar-refractivity contribution in [2.24, 2.45) is 0 Å². The number of non-ortho nitro benzene ring substituents is 1. The number of rotatable bonds is 3. The number of nitro benzene ring substituents is 1. The summed E-state index contributed by atoms with van der Waals surface area (Å²) in [6.07, 6.45) is 1.56. The summed E-state index contributed by atoms with van der Waals surface area (Å²) >= 11 is 5.59. The van der Waals surface area contributed by atoms with Gasteiger partial charge in [0.25, 0.3) is 5.69 Å². The minimum absolute atomic E-state index is 0.0586. The lowest BCUT2D eigenvalue weighted by Crippen LogP contribution is -1.89. The SMILES string of the molecule is Cc1cc([N+](=O)[O-])ccc1-c1cnc(CCl)o1. The topological polar surface area (TPSA) is 69.2 Å². The number of halogens is 1. The zero-order valence-corrected chi connectivity index (χ0v) is 9.77. The lowest BCUT2D eigenvalue weighted by atomic mass is 10.1. The fraction of sp³-hybridized carbons (Fsp3) is 0.182. The third-order valence-corrected chi connectivity index (χ3v) is 2.58. The quantitative estimate of drug-likeness (QED) is 0.477. The average Bonchev–Trinajstić information content (AvgIpc) is 2.77. The van der Waals surface area contributed by atoms with E-state index in [9.17, 15) is 10.1 Å². The van der Waals surface area contributed by atoms with Gasteiger partial charge in [-0.3, -0.25) is 10.1 Å². The van der Waals surface area contributed by atoms with Crippen LogP contribution in [0.25, 0.3) is 11.3 Å². The van der Waals surface area contributed by atoms with Crippen molar-refractivity contribution in [3.63, 3.8) is 0 Å². The van der Waals surface area contributed by atoms with Gasteiger partial charge in [-0.05, 0) is 18.6 Å². The van der Waals surface area contributed by atoms with Crippen LogP contribution in [0.3, 0.4) is 0 Å². The molecule has 1 aromatic carbocycles. The van der Waals surface area contributed by atoms with Crippen molar-refractivity contribution >= 4 is 17.3 Å². The monoisotopic (exact) mass is 252 g/mol. The highest BCUT2D eigenvalue weighted by Crippen LogP contribution is 2.27. The van der Waals surface area contributed by atoms with Gasteiger partial charge in [-0.2, -0.15) is 0 Å². The maximum atomic E-state index is 10.6. The molecule has 0 unspecified atom stereocenters. The summed E-state index contributed by atoms with van der Waals surface area (Å²) in [5.74, 6) is 1.19. The molecule has 2 rings (SSSR count). The summed E-state index contributed by atoms with van der Waals surface area (Å²) in [5.41, 5.74) is 1.60. The molecule has 1 heterocycles. The van der Waals surface area contributed by atoms with E-state index < -0.39 is 4.92 Å². The maximum Gasteiger partial charge on any atom is 0.269 e. The van der Waals surface area contributed by atoms with E-state index in [2.05, 4.69) is 4.98 Å². The Morgan fingerprint density at radius 3 is 2.82 bits per heavy atom. The number of oxazole rings is 1. The summed E-state index contributed by atoms with van der Waals surface area (Å²) in [6.45, 7) is 1.78. The van der Waals surface area contributed by atoms with Crippen LogP contribution in [0, 0.1) is 17.0 Å². The summed E-state index contributed by atoms with van der Waals surface area (Å²) in [5, 5.41) is 10.6. The molecular formula is C11H9ClN2O3. The van der Waals surface area contributed by atoms with E-state index in [1.54, 1.807) is 19.2 Å². The van der Waals surface area contributed by atoms with Gasteiger partial charge in [0.1, 0.15) is 0 Å². The van der Waals surface area contributed by atoms with Crippen LogP contribution < -0.4 is 0 Å². The molecular weight excluding hydrogens is 244 g/mol. The molecule has 0 saturated carbocycles. The van der Waals surface area contributed by atoms with Gasteiger partial charge in [0.05, 0.1) is 17.0 Å². The van der Waals surface area contributed by atoms with Crippen molar-refractivity contribution in [3.8, 4) is 11.3 Å². The molecule has 0 atom stereocenters. The van der Waals surface area contributed by atoms with E-state index in [0.29, 0.717) is 11.7 Å². The predicted molar refractivity (Wildman–Crippen MR) is 62.9 cm³/mol. The van der Waals surface area contributed by atoms with Gasteiger partial charge >= 0.3 is 0 Å². The van der Waals surface area contributed by atoms with Gasteiger partial charge in [0, 0.05) is 17.7 Å². The van der Waals surface area contributed by atoms with Crippen LogP contribution in [0.5, 0.6) is 0 Å². The van der Waals surface area contributed by atoms with Crippen LogP contribution in [-0.4, -0.2) is 9.91 Å². The van der Waals surface area contributed by atoms with Crippen LogP contribution in [0.4, 0.5) is 5.69 Å². The first-order valence-electron chi connectivity index (χ1n) is 4.88. The second-order valence-electron chi connectivity index (χ2n) is 3.51. The molecule has 0 bridgehead atoms. The predicted octanol–water partition coefficient (Wildman–Crippen LogP) is 3.30. The standard InChI is InChI=1S/C11H9ClN2O3/c1-7-4-8(14(15)16)2-3-9(7)10-6-13-11(5-12)17-10/h2-4,6H,5H2,1H3. The molecule has 0 spiro atoms. The molecule has 6 heteroatoms. The Morgan fingerprint density at radius 2 is 2.29 bits per heavy atom. The highest BCUT2D eigenvalue weighted by atomic mass is 35.5. The fourth-order valence-electron chi connectivity index (χ4n) is 1.53. The second kappa shape index (κ2) is 4.55. The molecule has 0 aliphatic rings. The summed E-state index contributed by atoms with van der Waals surface area (Å²) in [6, 6.07) is 4.58. The Morgan fingerprint density at radius 1 is 1.53 bits per heavy atom. The number of nitrogens with zero attached hydrogens (tertiary/aromatic N) is 2. The number of alkyl halides is 1. The fourth-order valence-corrected chi connectivity index (χ4v) is 1.66. The number of aromatic nitrogens is 1. The van der Waals surface area contributed by atoms with Crippen LogP contribution in [0.2, 0.25) is 0 Å². The molecule has 0 aliphatic heterocycles. The Kier molecular flexibility index (Phi) is 3.10. The van der Waals surface area contributed by atoms with Crippen molar-refractivity contribution in [2.75, 3.05) is 0 Å². The van der Waals surface area contributed by atoms with E-state index >= 15 is 0 Å². The van der Waals surface area contributed by atoms with E-state index in [1.807, 2.05) is 0 Å². The molecule has 0 amide bonds.